The Kier molecular flexibility index (Phi) is 7.45. The molecule has 3 aliphatic heterocycles. The highest BCUT2D eigenvalue weighted by atomic mass is 16.5. The fourth-order valence-electron chi connectivity index (χ4n) is 6.98. The second kappa shape index (κ2) is 11.7. The van der Waals surface area contributed by atoms with Gasteiger partial charge in [-0.2, -0.15) is 0 Å². The van der Waals surface area contributed by atoms with Crippen molar-refractivity contribution in [3.8, 4) is 5.75 Å². The van der Waals surface area contributed by atoms with Gasteiger partial charge >= 0.3 is 6.03 Å². The Morgan fingerprint density at radius 2 is 1.33 bits per heavy atom. The smallest absolute Gasteiger partial charge is 0.335 e. The minimum absolute atomic E-state index is 0.0966. The Balaban J connectivity index is 1.38. The maximum Gasteiger partial charge on any atom is 0.335 e. The molecule has 226 valence electrons. The molecular formula is C38H35N3O4. The molecule has 0 unspecified atom stereocenters. The average Bonchev–Trinajstić information content (AvgIpc) is 3.04. The van der Waals surface area contributed by atoms with Gasteiger partial charge in [-0.15, -0.1) is 0 Å². The summed E-state index contributed by atoms with van der Waals surface area (Å²) < 4.78 is 5.93. The van der Waals surface area contributed by atoms with Gasteiger partial charge in [-0.3, -0.25) is 14.9 Å². The van der Waals surface area contributed by atoms with E-state index in [1.165, 1.54) is 22.9 Å². The van der Waals surface area contributed by atoms with Gasteiger partial charge in [-0.05, 0) is 73.2 Å². The Morgan fingerprint density at radius 1 is 0.778 bits per heavy atom. The van der Waals surface area contributed by atoms with Gasteiger partial charge in [-0.1, -0.05) is 78.9 Å². The summed E-state index contributed by atoms with van der Waals surface area (Å²) in [7, 11) is 0. The van der Waals surface area contributed by atoms with Crippen LogP contribution in [0.4, 0.5) is 16.2 Å². The molecule has 4 aromatic rings. The third-order valence-electron chi connectivity index (χ3n) is 8.94. The van der Waals surface area contributed by atoms with Gasteiger partial charge in [0.25, 0.3) is 11.8 Å². The molecule has 0 aromatic heterocycles. The molecule has 7 heteroatoms. The Hall–Kier alpha value is -5.17. The van der Waals surface area contributed by atoms with Gasteiger partial charge in [0.05, 0.1) is 11.8 Å². The molecule has 0 saturated carbocycles. The number of ether oxygens (including phenoxy) is 1. The normalized spacial score (nSPS) is 20.3. The van der Waals surface area contributed by atoms with Gasteiger partial charge in [-0.25, -0.2) is 9.69 Å². The van der Waals surface area contributed by atoms with Crippen LogP contribution in [-0.4, -0.2) is 37.0 Å². The topological polar surface area (TPSA) is 79.0 Å². The first-order valence-electron chi connectivity index (χ1n) is 15.6. The predicted octanol–water partition coefficient (Wildman–Crippen LogP) is 7.02. The van der Waals surface area contributed by atoms with Crippen molar-refractivity contribution >= 4 is 35.3 Å². The van der Waals surface area contributed by atoms with E-state index in [0.29, 0.717) is 17.0 Å². The van der Waals surface area contributed by atoms with Gasteiger partial charge in [0.2, 0.25) is 0 Å². The van der Waals surface area contributed by atoms with Crippen molar-refractivity contribution < 1.29 is 19.1 Å². The minimum atomic E-state index is -0.753. The number of nitrogens with one attached hydrogen (secondary N) is 1. The number of amides is 4. The highest BCUT2D eigenvalue weighted by Crippen LogP contribution is 2.50. The molecule has 1 fully saturated rings. The van der Waals surface area contributed by atoms with Crippen molar-refractivity contribution in [1.29, 1.82) is 0 Å². The zero-order chi connectivity index (χ0) is 31.1. The lowest BCUT2D eigenvalue weighted by Gasteiger charge is -2.44. The van der Waals surface area contributed by atoms with Crippen LogP contribution in [0.3, 0.4) is 0 Å². The maximum absolute atomic E-state index is 14.2. The largest absolute Gasteiger partial charge is 0.490 e. The molecule has 2 atom stereocenters. The second-order valence-electron chi connectivity index (χ2n) is 12.1. The van der Waals surface area contributed by atoms with Crippen molar-refractivity contribution in [3.63, 3.8) is 0 Å². The monoisotopic (exact) mass is 597 g/mol. The maximum atomic E-state index is 14.2. The molecule has 1 N–H and O–H groups in total. The van der Waals surface area contributed by atoms with Gasteiger partial charge in [0, 0.05) is 36.2 Å². The van der Waals surface area contributed by atoms with Crippen LogP contribution in [0, 0.1) is 0 Å². The number of urea groups is 1. The second-order valence-corrected chi connectivity index (χ2v) is 12.1. The molecule has 4 amide bonds. The lowest BCUT2D eigenvalue weighted by molar-refractivity contribution is -0.122. The Bertz CT molecular complexity index is 1740. The van der Waals surface area contributed by atoms with Gasteiger partial charge in [0.1, 0.15) is 11.3 Å². The van der Waals surface area contributed by atoms with E-state index in [1.807, 2.05) is 50.2 Å². The van der Waals surface area contributed by atoms with E-state index < -0.39 is 17.8 Å². The van der Waals surface area contributed by atoms with Crippen molar-refractivity contribution in [2.24, 2.45) is 0 Å². The van der Waals surface area contributed by atoms with Crippen LogP contribution in [0.1, 0.15) is 66.3 Å². The molecule has 0 radical (unpaired) electrons. The number of carbonyl (C=O) groups excluding carboxylic acids is 3. The van der Waals surface area contributed by atoms with Crippen LogP contribution < -0.4 is 19.9 Å². The third-order valence-corrected chi connectivity index (χ3v) is 8.94. The van der Waals surface area contributed by atoms with Crippen molar-refractivity contribution in [2.75, 3.05) is 22.9 Å². The zero-order valence-corrected chi connectivity index (χ0v) is 25.4. The highest BCUT2D eigenvalue weighted by molar-refractivity contribution is 6.39. The molecule has 7 nitrogen and oxygen atoms in total. The van der Waals surface area contributed by atoms with Crippen LogP contribution in [0.25, 0.3) is 6.08 Å². The lowest BCUT2D eigenvalue weighted by atomic mass is 9.76. The van der Waals surface area contributed by atoms with E-state index in [2.05, 4.69) is 58.7 Å². The quantitative estimate of drug-likeness (QED) is 0.191. The number of anilines is 2. The summed E-state index contributed by atoms with van der Waals surface area (Å²) in [6.07, 6.45) is 3.26. The summed E-state index contributed by atoms with van der Waals surface area (Å²) in [5.74, 6) is -0.629. The summed E-state index contributed by atoms with van der Waals surface area (Å²) >= 11 is 0. The summed E-state index contributed by atoms with van der Waals surface area (Å²) in [6.45, 7) is 5.70. The number of para-hydroxylation sites is 1. The SMILES string of the molecule is CC(C)Oc1ccccc1/C=C1\C(=O)NC(=O)N(c2cc3c4c(c2)[C@@H](c2ccccc2)CCN4CC[C@@H]3c2ccccc2)C1=O. The van der Waals surface area contributed by atoms with E-state index in [1.54, 1.807) is 12.1 Å². The Labute approximate surface area is 263 Å². The van der Waals surface area contributed by atoms with Crippen molar-refractivity contribution in [1.82, 2.24) is 5.32 Å². The molecular weight excluding hydrogens is 562 g/mol. The third kappa shape index (κ3) is 5.29. The molecule has 4 aromatic carbocycles. The van der Waals surface area contributed by atoms with E-state index >= 15 is 0 Å². The molecule has 0 aliphatic carbocycles. The first-order chi connectivity index (χ1) is 21.9. The number of rotatable bonds is 6. The van der Waals surface area contributed by atoms with Crippen LogP contribution in [0.2, 0.25) is 0 Å². The molecule has 3 aliphatic rings. The van der Waals surface area contributed by atoms with Crippen LogP contribution in [-0.2, 0) is 9.59 Å². The number of carbonyl (C=O) groups is 3. The van der Waals surface area contributed by atoms with Crippen LogP contribution in [0.15, 0.2) is 103 Å². The van der Waals surface area contributed by atoms with Crippen LogP contribution >= 0.6 is 0 Å². The minimum Gasteiger partial charge on any atom is -0.490 e. The number of nitrogens with zero attached hydrogens (tertiary/aromatic N) is 2. The number of imide groups is 2. The lowest BCUT2D eigenvalue weighted by Crippen LogP contribution is -2.54. The summed E-state index contributed by atoms with van der Waals surface area (Å²) in [6, 6.07) is 31.3. The number of hydrogen-bond donors (Lipinski definition) is 1. The number of hydrogen-bond acceptors (Lipinski definition) is 5. The molecule has 45 heavy (non-hydrogen) atoms. The molecule has 3 heterocycles. The number of barbiturate groups is 1. The summed E-state index contributed by atoms with van der Waals surface area (Å²) in [5.41, 5.74) is 6.71. The summed E-state index contributed by atoms with van der Waals surface area (Å²) in [5, 5.41) is 2.42. The summed E-state index contributed by atoms with van der Waals surface area (Å²) in [4.78, 5) is 44.3. The Morgan fingerprint density at radius 3 is 1.91 bits per heavy atom. The molecule has 7 rings (SSSR count). The molecule has 1 saturated heterocycles. The highest BCUT2D eigenvalue weighted by Gasteiger charge is 2.40. The van der Waals surface area contributed by atoms with Crippen molar-refractivity contribution in [3.05, 3.63) is 130 Å². The first-order valence-corrected chi connectivity index (χ1v) is 15.6. The molecule has 0 bridgehead atoms. The van der Waals surface area contributed by atoms with E-state index in [4.69, 9.17) is 4.74 Å². The van der Waals surface area contributed by atoms with Crippen LogP contribution in [0.5, 0.6) is 5.75 Å². The fourth-order valence-corrected chi connectivity index (χ4v) is 6.98. The van der Waals surface area contributed by atoms with E-state index in [9.17, 15) is 14.4 Å². The zero-order valence-electron chi connectivity index (χ0n) is 25.4. The van der Waals surface area contributed by atoms with E-state index in [-0.39, 0.29) is 23.5 Å². The van der Waals surface area contributed by atoms with Crippen molar-refractivity contribution in [2.45, 2.75) is 44.6 Å². The number of benzene rings is 4. The fraction of sp³-hybridized carbons (Fsp3) is 0.237. The predicted molar refractivity (Wildman–Crippen MR) is 176 cm³/mol. The van der Waals surface area contributed by atoms with Gasteiger partial charge < -0.3 is 9.64 Å². The average molecular weight is 598 g/mol. The molecule has 0 spiro atoms. The standard InChI is InChI=1S/C38H35N3O4/c1-24(2)45-34-16-10-9-15-27(34)21-33-36(42)39-38(44)41(37(33)43)28-22-31-29(25-11-5-3-6-12-25)17-19-40-20-18-30(32(23-28)35(31)40)26-13-7-4-8-14-26/h3-16,21-24,29-30H,17-20H2,1-2H3,(H,39,42,44)/b33-21+/t29-,30-/m1/s1. The van der Waals surface area contributed by atoms with E-state index in [0.717, 1.165) is 42.0 Å². The first kappa shape index (κ1) is 28.6. The van der Waals surface area contributed by atoms with Gasteiger partial charge in [0.15, 0.2) is 0 Å².